The van der Waals surface area contributed by atoms with Crippen molar-refractivity contribution in [1.29, 1.82) is 5.26 Å². The van der Waals surface area contributed by atoms with Crippen LogP contribution in [-0.4, -0.2) is 8.42 Å². The zero-order valence-electron chi connectivity index (χ0n) is 17.8. The van der Waals surface area contributed by atoms with Crippen LogP contribution >= 0.6 is 0 Å². The second-order valence-corrected chi connectivity index (χ2v) is 9.12. The van der Waals surface area contributed by atoms with Crippen LogP contribution in [-0.2, 0) is 10.0 Å². The summed E-state index contributed by atoms with van der Waals surface area (Å²) in [6.07, 6.45) is 0. The third-order valence-electron chi connectivity index (χ3n) is 5.26. The molecule has 0 radical (unpaired) electrons. The SMILES string of the molecule is N#CC(=C(c1ccccc1)c1ccccc1)[C@@H](NS(=O)(=O)c1ccccc1)c1ccccc1. The monoisotopic (exact) mass is 450 g/mol. The highest BCUT2D eigenvalue weighted by molar-refractivity contribution is 7.89. The molecule has 0 saturated carbocycles. The van der Waals surface area contributed by atoms with Crippen molar-refractivity contribution in [2.75, 3.05) is 0 Å². The number of nitrogens with one attached hydrogen (secondary N) is 1. The summed E-state index contributed by atoms with van der Waals surface area (Å²) in [7, 11) is -3.90. The van der Waals surface area contributed by atoms with Crippen molar-refractivity contribution in [3.8, 4) is 6.07 Å². The van der Waals surface area contributed by atoms with Crippen molar-refractivity contribution in [1.82, 2.24) is 4.72 Å². The quantitative estimate of drug-likeness (QED) is 0.366. The molecule has 4 aromatic rings. The van der Waals surface area contributed by atoms with E-state index in [4.69, 9.17) is 0 Å². The van der Waals surface area contributed by atoms with E-state index in [-0.39, 0.29) is 4.90 Å². The van der Waals surface area contributed by atoms with Crippen LogP contribution in [0.4, 0.5) is 0 Å². The van der Waals surface area contributed by atoms with Crippen LogP contribution in [0.3, 0.4) is 0 Å². The Bertz CT molecular complexity index is 1340. The molecule has 0 bridgehead atoms. The maximum Gasteiger partial charge on any atom is 0.241 e. The largest absolute Gasteiger partial charge is 0.241 e. The van der Waals surface area contributed by atoms with E-state index in [1.165, 1.54) is 12.1 Å². The fraction of sp³-hybridized carbons (Fsp3) is 0.0357. The van der Waals surface area contributed by atoms with Crippen LogP contribution in [0.5, 0.6) is 0 Å². The number of nitriles is 1. The molecule has 33 heavy (non-hydrogen) atoms. The van der Waals surface area contributed by atoms with Crippen molar-refractivity contribution in [2.45, 2.75) is 10.9 Å². The number of benzene rings is 4. The van der Waals surface area contributed by atoms with Crippen molar-refractivity contribution in [3.63, 3.8) is 0 Å². The van der Waals surface area contributed by atoms with Gasteiger partial charge in [-0.15, -0.1) is 0 Å². The molecule has 0 amide bonds. The molecule has 0 saturated heterocycles. The Labute approximate surface area is 194 Å². The molecule has 5 heteroatoms. The first-order chi connectivity index (χ1) is 16.1. The molecular weight excluding hydrogens is 428 g/mol. The maximum absolute atomic E-state index is 13.3. The van der Waals surface area contributed by atoms with E-state index < -0.39 is 16.1 Å². The Morgan fingerprint density at radius 3 is 1.55 bits per heavy atom. The number of sulfonamides is 1. The molecule has 4 nitrogen and oxygen atoms in total. The van der Waals surface area contributed by atoms with E-state index >= 15 is 0 Å². The lowest BCUT2D eigenvalue weighted by Crippen LogP contribution is -2.30. The standard InChI is InChI=1S/C28H22N2O2S/c29-21-26(27(22-13-5-1-6-14-22)23-15-7-2-8-16-23)28(24-17-9-3-10-18-24)30-33(31,32)25-19-11-4-12-20-25/h1-20,28,30H/t28-/m0/s1. The molecule has 1 atom stereocenters. The van der Waals surface area contributed by atoms with Gasteiger partial charge < -0.3 is 0 Å². The summed E-state index contributed by atoms with van der Waals surface area (Å²) in [5.74, 6) is 0. The van der Waals surface area contributed by atoms with Gasteiger partial charge in [0.2, 0.25) is 10.0 Å². The molecule has 1 N–H and O–H groups in total. The second kappa shape index (κ2) is 10.1. The molecule has 0 unspecified atom stereocenters. The fourth-order valence-corrected chi connectivity index (χ4v) is 4.93. The number of nitrogens with zero attached hydrogens (tertiary/aromatic N) is 1. The van der Waals surface area contributed by atoms with Crippen molar-refractivity contribution < 1.29 is 8.42 Å². The summed E-state index contributed by atoms with van der Waals surface area (Å²) < 4.78 is 29.4. The maximum atomic E-state index is 13.3. The summed E-state index contributed by atoms with van der Waals surface area (Å²) in [5.41, 5.74) is 3.35. The van der Waals surface area contributed by atoms with E-state index in [1.807, 2.05) is 91.0 Å². The van der Waals surface area contributed by atoms with Gasteiger partial charge in [-0.2, -0.15) is 9.98 Å². The van der Waals surface area contributed by atoms with Gasteiger partial charge in [-0.05, 0) is 28.8 Å². The summed E-state index contributed by atoms with van der Waals surface area (Å²) in [6.45, 7) is 0. The minimum absolute atomic E-state index is 0.143. The fourth-order valence-electron chi connectivity index (χ4n) is 3.71. The minimum Gasteiger partial charge on any atom is -0.207 e. The third-order valence-corrected chi connectivity index (χ3v) is 6.70. The summed E-state index contributed by atoms with van der Waals surface area (Å²) >= 11 is 0. The molecule has 0 aliphatic heterocycles. The molecular formula is C28H22N2O2S. The molecule has 4 aromatic carbocycles. The van der Waals surface area contributed by atoms with E-state index in [1.54, 1.807) is 18.2 Å². The molecule has 162 valence electrons. The van der Waals surface area contributed by atoms with Crippen molar-refractivity contribution in [2.24, 2.45) is 0 Å². The highest BCUT2D eigenvalue weighted by Crippen LogP contribution is 2.34. The topological polar surface area (TPSA) is 70.0 Å². The van der Waals surface area contributed by atoms with Crippen LogP contribution in [0.25, 0.3) is 5.57 Å². The van der Waals surface area contributed by atoms with Gasteiger partial charge in [0.1, 0.15) is 0 Å². The van der Waals surface area contributed by atoms with Gasteiger partial charge in [-0.3, -0.25) is 0 Å². The molecule has 0 fully saturated rings. The van der Waals surface area contributed by atoms with E-state index in [0.717, 1.165) is 11.1 Å². The summed E-state index contributed by atoms with van der Waals surface area (Å²) in [6, 6.07) is 37.9. The molecule has 0 aliphatic rings. The van der Waals surface area contributed by atoms with Crippen LogP contribution < -0.4 is 4.72 Å². The lowest BCUT2D eigenvalue weighted by Gasteiger charge is -2.22. The van der Waals surface area contributed by atoms with E-state index in [0.29, 0.717) is 16.7 Å². The Hall–Kier alpha value is -3.98. The zero-order chi connectivity index (χ0) is 23.1. The van der Waals surface area contributed by atoms with Gasteiger partial charge in [0.25, 0.3) is 0 Å². The van der Waals surface area contributed by atoms with Crippen LogP contribution in [0.1, 0.15) is 22.7 Å². The van der Waals surface area contributed by atoms with Gasteiger partial charge in [0.05, 0.1) is 22.6 Å². The molecule has 0 aromatic heterocycles. The van der Waals surface area contributed by atoms with Gasteiger partial charge in [-0.25, -0.2) is 8.42 Å². The van der Waals surface area contributed by atoms with Crippen molar-refractivity contribution >= 4 is 15.6 Å². The Morgan fingerprint density at radius 1 is 0.667 bits per heavy atom. The average Bonchev–Trinajstić information content (AvgIpc) is 2.88. The Balaban J connectivity index is 1.95. The normalized spacial score (nSPS) is 11.8. The molecule has 4 rings (SSSR count). The predicted octanol–water partition coefficient (Wildman–Crippen LogP) is 5.73. The molecule has 0 heterocycles. The Kier molecular flexibility index (Phi) is 6.80. The predicted molar refractivity (Wildman–Crippen MR) is 130 cm³/mol. The first-order valence-corrected chi connectivity index (χ1v) is 12.0. The number of rotatable bonds is 7. The van der Waals surface area contributed by atoms with Gasteiger partial charge in [-0.1, -0.05) is 109 Å². The average molecular weight is 451 g/mol. The summed E-state index contributed by atoms with van der Waals surface area (Å²) in [4.78, 5) is 0.143. The van der Waals surface area contributed by atoms with E-state index in [2.05, 4.69) is 10.8 Å². The van der Waals surface area contributed by atoms with Gasteiger partial charge in [0.15, 0.2) is 0 Å². The first-order valence-electron chi connectivity index (χ1n) is 10.5. The first kappa shape index (κ1) is 22.2. The summed E-state index contributed by atoms with van der Waals surface area (Å²) in [5, 5.41) is 10.4. The lowest BCUT2D eigenvalue weighted by atomic mass is 9.88. The molecule has 0 spiro atoms. The van der Waals surface area contributed by atoms with E-state index in [9.17, 15) is 13.7 Å². The van der Waals surface area contributed by atoms with Gasteiger partial charge >= 0.3 is 0 Å². The van der Waals surface area contributed by atoms with Gasteiger partial charge in [0, 0.05) is 5.57 Å². The van der Waals surface area contributed by atoms with Crippen LogP contribution in [0.2, 0.25) is 0 Å². The number of hydrogen-bond donors (Lipinski definition) is 1. The Morgan fingerprint density at radius 2 is 1.09 bits per heavy atom. The van der Waals surface area contributed by atoms with Crippen molar-refractivity contribution in [3.05, 3.63) is 144 Å². The number of hydrogen-bond acceptors (Lipinski definition) is 3. The van der Waals surface area contributed by atoms with Crippen LogP contribution in [0.15, 0.2) is 132 Å². The third kappa shape index (κ3) is 5.09. The zero-order valence-corrected chi connectivity index (χ0v) is 18.6. The highest BCUT2D eigenvalue weighted by atomic mass is 32.2. The minimum atomic E-state index is -3.90. The lowest BCUT2D eigenvalue weighted by molar-refractivity contribution is 0.572. The second-order valence-electron chi connectivity index (χ2n) is 7.41. The molecule has 0 aliphatic carbocycles. The van der Waals surface area contributed by atoms with Crippen LogP contribution in [0, 0.1) is 11.3 Å². The smallest absolute Gasteiger partial charge is 0.207 e. The highest BCUT2D eigenvalue weighted by Gasteiger charge is 2.27.